The normalized spacial score (nSPS) is 10.9. The summed E-state index contributed by atoms with van der Waals surface area (Å²) in [5, 5.41) is 13.8. The highest BCUT2D eigenvalue weighted by Gasteiger charge is 2.18. The molecule has 0 unspecified atom stereocenters. The Hall–Kier alpha value is -1.84. The van der Waals surface area contributed by atoms with Crippen molar-refractivity contribution >= 4 is 16.6 Å². The Morgan fingerprint density at radius 3 is 2.82 bits per heavy atom. The molecule has 1 aromatic carbocycles. The molecule has 0 aliphatic heterocycles. The summed E-state index contributed by atoms with van der Waals surface area (Å²) in [4.78, 5) is 10.9. The molecule has 90 valence electrons. The van der Waals surface area contributed by atoms with Gasteiger partial charge in [-0.25, -0.2) is 0 Å². The second kappa shape index (κ2) is 4.57. The fourth-order valence-corrected chi connectivity index (χ4v) is 2.17. The third kappa shape index (κ3) is 1.79. The Morgan fingerprint density at radius 1 is 1.41 bits per heavy atom. The number of fused-ring (bicyclic) bond motifs is 1. The van der Waals surface area contributed by atoms with Crippen LogP contribution in [0.25, 0.3) is 10.9 Å². The average Bonchev–Trinajstić information content (AvgIpc) is 2.60. The summed E-state index contributed by atoms with van der Waals surface area (Å²) >= 11 is 0. The van der Waals surface area contributed by atoms with E-state index >= 15 is 0 Å². The van der Waals surface area contributed by atoms with Gasteiger partial charge in [0.2, 0.25) is 5.88 Å². The summed E-state index contributed by atoms with van der Waals surface area (Å²) in [5.41, 5.74) is 2.00. The molecule has 0 saturated carbocycles. The van der Waals surface area contributed by atoms with Crippen LogP contribution in [0.4, 0.5) is 5.69 Å². The molecule has 0 bridgehead atoms. The Morgan fingerprint density at radius 2 is 2.18 bits per heavy atom. The third-order valence-corrected chi connectivity index (χ3v) is 3.07. The van der Waals surface area contributed by atoms with Gasteiger partial charge in [0.25, 0.3) is 0 Å². The number of aryl methyl sites for hydroxylation is 2. The van der Waals surface area contributed by atoms with Crippen LogP contribution in [-0.2, 0) is 6.54 Å². The molecule has 0 aliphatic carbocycles. The molecular formula is C13H16N2O2. The summed E-state index contributed by atoms with van der Waals surface area (Å²) in [7, 11) is 0. The number of unbranched alkanes of at least 4 members (excludes halogenated alkanes) is 1. The highest BCUT2D eigenvalue weighted by atomic mass is 16.3. The van der Waals surface area contributed by atoms with Gasteiger partial charge in [0.1, 0.15) is 0 Å². The van der Waals surface area contributed by atoms with Crippen LogP contribution in [0, 0.1) is 11.8 Å². The molecule has 4 heteroatoms. The van der Waals surface area contributed by atoms with Crippen LogP contribution in [0.2, 0.25) is 0 Å². The first kappa shape index (κ1) is 11.6. The third-order valence-electron chi connectivity index (χ3n) is 3.07. The van der Waals surface area contributed by atoms with Gasteiger partial charge in [-0.1, -0.05) is 25.5 Å². The molecule has 0 spiro atoms. The van der Waals surface area contributed by atoms with Crippen molar-refractivity contribution < 1.29 is 5.11 Å². The lowest BCUT2D eigenvalue weighted by Crippen LogP contribution is -1.96. The van der Waals surface area contributed by atoms with E-state index in [1.165, 1.54) is 0 Å². The van der Waals surface area contributed by atoms with Gasteiger partial charge in [0.05, 0.1) is 5.52 Å². The van der Waals surface area contributed by atoms with Crippen molar-refractivity contribution in [3.05, 3.63) is 28.7 Å². The number of hydrogen-bond acceptors (Lipinski definition) is 3. The van der Waals surface area contributed by atoms with E-state index in [2.05, 4.69) is 12.1 Å². The maximum Gasteiger partial charge on any atom is 0.222 e. The minimum atomic E-state index is -0.0160. The predicted octanol–water partition coefficient (Wildman–Crippen LogP) is 3.85. The van der Waals surface area contributed by atoms with Crippen LogP contribution >= 0.6 is 0 Å². The first-order valence-corrected chi connectivity index (χ1v) is 5.84. The maximum atomic E-state index is 10.9. The van der Waals surface area contributed by atoms with E-state index in [0.717, 1.165) is 29.3 Å². The van der Waals surface area contributed by atoms with E-state index in [-0.39, 0.29) is 11.6 Å². The zero-order chi connectivity index (χ0) is 12.4. The van der Waals surface area contributed by atoms with Crippen LogP contribution in [0.3, 0.4) is 0 Å². The van der Waals surface area contributed by atoms with E-state index in [1.807, 2.05) is 25.1 Å². The molecule has 0 fully saturated rings. The summed E-state index contributed by atoms with van der Waals surface area (Å²) in [6.45, 7) is 4.71. The van der Waals surface area contributed by atoms with Gasteiger partial charge < -0.3 is 9.67 Å². The molecule has 0 radical (unpaired) electrons. The zero-order valence-corrected chi connectivity index (χ0v) is 10.1. The Kier molecular flexibility index (Phi) is 3.13. The fraction of sp³-hybridized carbons (Fsp3) is 0.385. The van der Waals surface area contributed by atoms with E-state index in [4.69, 9.17) is 0 Å². The summed E-state index contributed by atoms with van der Waals surface area (Å²) in [6.07, 6.45) is 2.00. The molecule has 0 atom stereocenters. The largest absolute Gasteiger partial charge is 0.493 e. The summed E-state index contributed by atoms with van der Waals surface area (Å²) < 4.78 is 1.77. The summed E-state index contributed by atoms with van der Waals surface area (Å²) in [6, 6.07) is 5.75. The number of aromatic nitrogens is 1. The Bertz CT molecular complexity index is 558. The zero-order valence-electron chi connectivity index (χ0n) is 10.1. The predicted molar refractivity (Wildman–Crippen MR) is 68.7 cm³/mol. The van der Waals surface area contributed by atoms with E-state index < -0.39 is 0 Å². The smallest absolute Gasteiger partial charge is 0.222 e. The lowest BCUT2D eigenvalue weighted by Gasteiger charge is -2.05. The van der Waals surface area contributed by atoms with Crippen molar-refractivity contribution in [2.45, 2.75) is 33.2 Å². The Balaban J connectivity index is 2.71. The van der Waals surface area contributed by atoms with Gasteiger partial charge in [0, 0.05) is 11.9 Å². The van der Waals surface area contributed by atoms with Crippen molar-refractivity contribution in [2.75, 3.05) is 0 Å². The monoisotopic (exact) mass is 232 g/mol. The number of aromatic hydroxyl groups is 1. The van der Waals surface area contributed by atoms with E-state index in [1.54, 1.807) is 4.57 Å². The minimum absolute atomic E-state index is 0.0160. The number of rotatable bonds is 4. The first-order valence-electron chi connectivity index (χ1n) is 5.84. The molecule has 2 rings (SSSR count). The van der Waals surface area contributed by atoms with Gasteiger partial charge in [-0.05, 0) is 30.2 Å². The van der Waals surface area contributed by atoms with Gasteiger partial charge in [0.15, 0.2) is 5.69 Å². The number of hydrogen-bond donors (Lipinski definition) is 1. The second-order valence-corrected chi connectivity index (χ2v) is 4.24. The van der Waals surface area contributed by atoms with Crippen LogP contribution in [0.15, 0.2) is 23.4 Å². The lowest BCUT2D eigenvalue weighted by atomic mass is 10.1. The van der Waals surface area contributed by atoms with Crippen LogP contribution < -0.4 is 0 Å². The van der Waals surface area contributed by atoms with Crippen LogP contribution in [0.1, 0.15) is 25.3 Å². The van der Waals surface area contributed by atoms with Gasteiger partial charge in [-0.3, -0.25) is 0 Å². The molecule has 4 nitrogen and oxygen atoms in total. The molecule has 1 heterocycles. The molecule has 17 heavy (non-hydrogen) atoms. The fourth-order valence-electron chi connectivity index (χ4n) is 2.17. The first-order chi connectivity index (χ1) is 8.20. The average molecular weight is 232 g/mol. The van der Waals surface area contributed by atoms with Crippen molar-refractivity contribution in [1.29, 1.82) is 0 Å². The summed E-state index contributed by atoms with van der Waals surface area (Å²) in [5.74, 6) is -0.0160. The number of nitrogens with zero attached hydrogens (tertiary/aromatic N) is 2. The van der Waals surface area contributed by atoms with Gasteiger partial charge in [-0.2, -0.15) is 0 Å². The Labute approximate surface area is 99.8 Å². The standard InChI is InChI=1S/C13H16N2O2/c1-3-4-8-15-10-7-5-6-9(2)11(10)12(14-17)13(15)16/h5-7,16H,3-4,8H2,1-2H3. The molecule has 1 N–H and O–H groups in total. The molecule has 0 saturated heterocycles. The number of benzene rings is 1. The maximum absolute atomic E-state index is 10.9. The van der Waals surface area contributed by atoms with Crippen molar-refractivity contribution in [1.82, 2.24) is 4.57 Å². The van der Waals surface area contributed by atoms with E-state index in [0.29, 0.717) is 6.54 Å². The van der Waals surface area contributed by atoms with Crippen LogP contribution in [0.5, 0.6) is 5.88 Å². The van der Waals surface area contributed by atoms with Crippen molar-refractivity contribution in [3.8, 4) is 5.88 Å². The molecule has 2 aromatic rings. The topological polar surface area (TPSA) is 54.6 Å². The minimum Gasteiger partial charge on any atom is -0.493 e. The molecule has 1 aromatic heterocycles. The van der Waals surface area contributed by atoms with Crippen molar-refractivity contribution in [3.63, 3.8) is 0 Å². The van der Waals surface area contributed by atoms with Gasteiger partial charge >= 0.3 is 0 Å². The van der Waals surface area contributed by atoms with Crippen molar-refractivity contribution in [2.24, 2.45) is 5.18 Å². The highest BCUT2D eigenvalue weighted by Crippen LogP contribution is 2.40. The highest BCUT2D eigenvalue weighted by molar-refractivity contribution is 5.97. The van der Waals surface area contributed by atoms with E-state index in [9.17, 15) is 10.0 Å². The second-order valence-electron chi connectivity index (χ2n) is 4.24. The SMILES string of the molecule is CCCCn1c(O)c(N=O)c2c(C)cccc21. The van der Waals surface area contributed by atoms with Crippen LogP contribution in [-0.4, -0.2) is 9.67 Å². The molecule has 0 aliphatic rings. The molecular weight excluding hydrogens is 216 g/mol. The molecule has 0 amide bonds. The van der Waals surface area contributed by atoms with Gasteiger partial charge in [-0.15, -0.1) is 4.91 Å². The number of nitroso groups, excluding NO2 is 1. The lowest BCUT2D eigenvalue weighted by molar-refractivity contribution is 0.418. The quantitative estimate of drug-likeness (QED) is 0.814.